The number of aliphatic carboxylic acids is 1. The summed E-state index contributed by atoms with van der Waals surface area (Å²) in [6.45, 7) is 7.76. The molecule has 1 heterocycles. The smallest absolute Gasteiger partial charge is 0.317 e. The van der Waals surface area contributed by atoms with E-state index in [0.29, 0.717) is 0 Å². The standard InChI is InChI=1S/C21H38N4O3/c1-2-24(16-20(26)27)19-13-18(14-19)22-21(28)25-10-6-9-23(11-12-25)15-17-7-4-3-5-8-17/h17-19H,2-16H2,1H3,(H,22,28)(H,26,27). The normalized spacial score (nSPS) is 27.3. The number of nitrogens with zero attached hydrogens (tertiary/aromatic N) is 3. The van der Waals surface area contributed by atoms with Crippen molar-refractivity contribution in [3.8, 4) is 0 Å². The Kier molecular flexibility index (Phi) is 7.97. The van der Waals surface area contributed by atoms with Gasteiger partial charge in [-0.05, 0) is 51.1 Å². The molecule has 0 aromatic carbocycles. The van der Waals surface area contributed by atoms with E-state index >= 15 is 0 Å². The van der Waals surface area contributed by atoms with Crippen molar-refractivity contribution in [1.29, 1.82) is 0 Å². The van der Waals surface area contributed by atoms with Gasteiger partial charge in [-0.1, -0.05) is 26.2 Å². The van der Waals surface area contributed by atoms with Gasteiger partial charge in [0.15, 0.2) is 0 Å². The van der Waals surface area contributed by atoms with Crippen molar-refractivity contribution < 1.29 is 14.7 Å². The summed E-state index contributed by atoms with van der Waals surface area (Å²) in [5, 5.41) is 12.2. The second-order valence-electron chi connectivity index (χ2n) is 8.87. The maximum absolute atomic E-state index is 12.7. The molecular formula is C21H38N4O3. The zero-order chi connectivity index (χ0) is 19.9. The number of carbonyl (C=O) groups is 2. The SMILES string of the molecule is CCN(CC(=O)O)C1CC(NC(=O)N2CCCN(CC3CCCCC3)CC2)C1. The van der Waals surface area contributed by atoms with E-state index in [-0.39, 0.29) is 24.7 Å². The molecule has 3 rings (SSSR count). The first-order valence-corrected chi connectivity index (χ1v) is 11.3. The molecule has 1 saturated heterocycles. The third-order valence-corrected chi connectivity index (χ3v) is 6.82. The van der Waals surface area contributed by atoms with Crippen molar-refractivity contribution in [2.45, 2.75) is 70.4 Å². The third kappa shape index (κ3) is 6.08. The summed E-state index contributed by atoms with van der Waals surface area (Å²) >= 11 is 0. The topological polar surface area (TPSA) is 76.1 Å². The lowest BCUT2D eigenvalue weighted by atomic mass is 9.85. The quantitative estimate of drug-likeness (QED) is 0.692. The number of nitrogens with one attached hydrogen (secondary N) is 1. The Morgan fingerprint density at radius 2 is 1.79 bits per heavy atom. The first-order chi connectivity index (χ1) is 13.5. The van der Waals surface area contributed by atoms with Gasteiger partial charge >= 0.3 is 12.0 Å². The molecule has 0 aromatic rings. The molecule has 1 aliphatic heterocycles. The Balaban J connectivity index is 1.36. The molecule has 160 valence electrons. The van der Waals surface area contributed by atoms with Crippen LogP contribution in [0.25, 0.3) is 0 Å². The van der Waals surface area contributed by atoms with Crippen LogP contribution < -0.4 is 5.32 Å². The molecule has 0 atom stereocenters. The van der Waals surface area contributed by atoms with Gasteiger partial charge in [0.1, 0.15) is 0 Å². The van der Waals surface area contributed by atoms with Crippen LogP contribution in [-0.4, -0.2) is 89.7 Å². The molecule has 0 aromatic heterocycles. The number of rotatable bonds is 7. The van der Waals surface area contributed by atoms with Crippen LogP contribution in [-0.2, 0) is 4.79 Å². The average molecular weight is 395 g/mol. The van der Waals surface area contributed by atoms with Gasteiger partial charge in [-0.3, -0.25) is 9.69 Å². The molecule has 0 spiro atoms. The molecule has 2 aliphatic carbocycles. The van der Waals surface area contributed by atoms with Crippen LogP contribution in [0, 0.1) is 5.92 Å². The summed E-state index contributed by atoms with van der Waals surface area (Å²) in [6, 6.07) is 0.521. The molecule has 7 nitrogen and oxygen atoms in total. The number of hydrogen-bond acceptors (Lipinski definition) is 4. The van der Waals surface area contributed by atoms with E-state index in [1.807, 2.05) is 16.7 Å². The number of urea groups is 1. The predicted molar refractivity (Wildman–Crippen MR) is 109 cm³/mol. The molecular weight excluding hydrogens is 356 g/mol. The summed E-state index contributed by atoms with van der Waals surface area (Å²) in [5.74, 6) is 0.0741. The highest BCUT2D eigenvalue weighted by Gasteiger charge is 2.35. The first kappa shape index (κ1) is 21.4. The highest BCUT2D eigenvalue weighted by molar-refractivity contribution is 5.74. The molecule has 0 bridgehead atoms. The van der Waals surface area contributed by atoms with Gasteiger partial charge in [-0.25, -0.2) is 4.79 Å². The van der Waals surface area contributed by atoms with Gasteiger partial charge in [0.05, 0.1) is 6.54 Å². The van der Waals surface area contributed by atoms with Crippen LogP contribution in [0.4, 0.5) is 4.79 Å². The van der Waals surface area contributed by atoms with Gasteiger partial charge in [0, 0.05) is 38.3 Å². The molecule has 2 amide bonds. The summed E-state index contributed by atoms with van der Waals surface area (Å²) < 4.78 is 0. The number of likely N-dealkylation sites (N-methyl/N-ethyl adjacent to an activating group) is 1. The van der Waals surface area contributed by atoms with Gasteiger partial charge < -0.3 is 20.2 Å². The van der Waals surface area contributed by atoms with Crippen molar-refractivity contribution in [2.75, 3.05) is 45.8 Å². The zero-order valence-electron chi connectivity index (χ0n) is 17.4. The Labute approximate surface area is 169 Å². The minimum atomic E-state index is -0.781. The second kappa shape index (κ2) is 10.4. The zero-order valence-corrected chi connectivity index (χ0v) is 17.4. The van der Waals surface area contributed by atoms with Crippen molar-refractivity contribution in [1.82, 2.24) is 20.0 Å². The number of carboxylic acids is 1. The van der Waals surface area contributed by atoms with Crippen LogP contribution >= 0.6 is 0 Å². The lowest BCUT2D eigenvalue weighted by molar-refractivity contribution is -0.139. The molecule has 28 heavy (non-hydrogen) atoms. The van der Waals surface area contributed by atoms with E-state index in [2.05, 4.69) is 10.2 Å². The number of carboxylic acid groups (broad SMARTS) is 1. The van der Waals surface area contributed by atoms with Crippen LogP contribution in [0.5, 0.6) is 0 Å². The van der Waals surface area contributed by atoms with E-state index in [1.54, 1.807) is 0 Å². The molecule has 0 unspecified atom stereocenters. The van der Waals surface area contributed by atoms with Crippen molar-refractivity contribution >= 4 is 12.0 Å². The average Bonchev–Trinajstić information content (AvgIpc) is 2.89. The number of amides is 2. The van der Waals surface area contributed by atoms with E-state index < -0.39 is 5.97 Å². The maximum Gasteiger partial charge on any atom is 0.317 e. The highest BCUT2D eigenvalue weighted by Crippen LogP contribution is 2.26. The van der Waals surface area contributed by atoms with Crippen molar-refractivity contribution in [3.05, 3.63) is 0 Å². The van der Waals surface area contributed by atoms with Gasteiger partial charge in [0.25, 0.3) is 0 Å². The molecule has 2 saturated carbocycles. The number of carbonyl (C=O) groups excluding carboxylic acids is 1. The third-order valence-electron chi connectivity index (χ3n) is 6.82. The molecule has 0 radical (unpaired) electrons. The monoisotopic (exact) mass is 394 g/mol. The summed E-state index contributed by atoms with van der Waals surface area (Å²) in [7, 11) is 0. The maximum atomic E-state index is 12.7. The van der Waals surface area contributed by atoms with Crippen LogP contribution in [0.3, 0.4) is 0 Å². The summed E-state index contributed by atoms with van der Waals surface area (Å²) in [5.41, 5.74) is 0. The van der Waals surface area contributed by atoms with E-state index in [9.17, 15) is 9.59 Å². The Hall–Kier alpha value is -1.34. The fourth-order valence-electron chi connectivity index (χ4n) is 5.03. The van der Waals surface area contributed by atoms with Crippen LogP contribution in [0.1, 0.15) is 58.3 Å². The Morgan fingerprint density at radius 1 is 1.04 bits per heavy atom. The van der Waals surface area contributed by atoms with E-state index in [1.165, 1.54) is 38.6 Å². The molecule has 7 heteroatoms. The van der Waals surface area contributed by atoms with Crippen LogP contribution in [0.15, 0.2) is 0 Å². The van der Waals surface area contributed by atoms with Crippen molar-refractivity contribution in [2.24, 2.45) is 5.92 Å². The highest BCUT2D eigenvalue weighted by atomic mass is 16.4. The van der Waals surface area contributed by atoms with Crippen LogP contribution in [0.2, 0.25) is 0 Å². The lowest BCUT2D eigenvalue weighted by Crippen LogP contribution is -2.57. The second-order valence-corrected chi connectivity index (χ2v) is 8.87. The molecule has 2 N–H and O–H groups in total. The Morgan fingerprint density at radius 3 is 2.46 bits per heavy atom. The number of hydrogen-bond donors (Lipinski definition) is 2. The summed E-state index contributed by atoms with van der Waals surface area (Å²) in [4.78, 5) is 30.1. The fraction of sp³-hybridized carbons (Fsp3) is 0.905. The van der Waals surface area contributed by atoms with Crippen molar-refractivity contribution in [3.63, 3.8) is 0 Å². The lowest BCUT2D eigenvalue weighted by Gasteiger charge is -2.42. The van der Waals surface area contributed by atoms with Gasteiger partial charge in [-0.2, -0.15) is 0 Å². The summed E-state index contributed by atoms with van der Waals surface area (Å²) in [6.07, 6.45) is 9.69. The molecule has 3 fully saturated rings. The minimum Gasteiger partial charge on any atom is -0.480 e. The first-order valence-electron chi connectivity index (χ1n) is 11.3. The minimum absolute atomic E-state index is 0.0595. The largest absolute Gasteiger partial charge is 0.480 e. The van der Waals surface area contributed by atoms with E-state index in [0.717, 1.165) is 57.9 Å². The van der Waals surface area contributed by atoms with Gasteiger partial charge in [-0.15, -0.1) is 0 Å². The molecule has 3 aliphatic rings. The fourth-order valence-corrected chi connectivity index (χ4v) is 5.03. The van der Waals surface area contributed by atoms with Gasteiger partial charge in [0.2, 0.25) is 0 Å². The Bertz CT molecular complexity index is 518. The van der Waals surface area contributed by atoms with E-state index in [4.69, 9.17) is 5.11 Å². The predicted octanol–water partition coefficient (Wildman–Crippen LogP) is 2.22.